The quantitative estimate of drug-likeness (QED) is 0.924. The molecule has 0 radical (unpaired) electrons. The molecule has 2 atom stereocenters. The second-order valence-corrected chi connectivity index (χ2v) is 7.18. The summed E-state index contributed by atoms with van der Waals surface area (Å²) in [7, 11) is 0. The van der Waals surface area contributed by atoms with Crippen molar-refractivity contribution >= 4 is 6.09 Å². The van der Waals surface area contributed by atoms with Gasteiger partial charge in [0.05, 0.1) is 0 Å². The van der Waals surface area contributed by atoms with Crippen LogP contribution in [0.15, 0.2) is 34.9 Å². The third kappa shape index (κ3) is 4.13. The van der Waals surface area contributed by atoms with Crippen molar-refractivity contribution in [2.75, 3.05) is 0 Å². The topological polar surface area (TPSA) is 77.2 Å². The first-order valence-electron chi connectivity index (χ1n) is 8.29. The van der Waals surface area contributed by atoms with Crippen molar-refractivity contribution in [1.82, 2.24) is 15.5 Å². The van der Waals surface area contributed by atoms with E-state index in [0.29, 0.717) is 11.7 Å². The standard InChI is InChI=1S/C18H23N3O3/c1-18(2,3)23-17(22)19-14-10-9-13(11-14)16-20-15(21-24-16)12-7-5-4-6-8-12/h4-8,13-14H,9-11H2,1-3H3,(H,19,22)/t13-,14+/m1/s1. The van der Waals surface area contributed by atoms with Crippen molar-refractivity contribution < 1.29 is 14.1 Å². The van der Waals surface area contributed by atoms with E-state index in [2.05, 4.69) is 15.5 Å². The monoisotopic (exact) mass is 329 g/mol. The summed E-state index contributed by atoms with van der Waals surface area (Å²) < 4.78 is 10.7. The van der Waals surface area contributed by atoms with E-state index in [1.54, 1.807) is 0 Å². The first kappa shape index (κ1) is 16.5. The first-order chi connectivity index (χ1) is 11.4. The highest BCUT2D eigenvalue weighted by Gasteiger charge is 2.32. The maximum atomic E-state index is 11.9. The van der Waals surface area contributed by atoms with Crippen LogP contribution >= 0.6 is 0 Å². The van der Waals surface area contributed by atoms with Crippen LogP contribution in [0.4, 0.5) is 4.79 Å². The Kier molecular flexibility index (Phi) is 4.55. The molecular formula is C18H23N3O3. The van der Waals surface area contributed by atoms with Gasteiger partial charge in [0.2, 0.25) is 11.7 Å². The molecule has 24 heavy (non-hydrogen) atoms. The third-order valence-corrected chi connectivity index (χ3v) is 3.98. The lowest BCUT2D eigenvalue weighted by Crippen LogP contribution is -2.37. The fraction of sp³-hybridized carbons (Fsp3) is 0.500. The smallest absolute Gasteiger partial charge is 0.407 e. The van der Waals surface area contributed by atoms with E-state index < -0.39 is 5.60 Å². The molecule has 0 bridgehead atoms. The van der Waals surface area contributed by atoms with Crippen molar-refractivity contribution in [2.45, 2.75) is 57.6 Å². The average molecular weight is 329 g/mol. The van der Waals surface area contributed by atoms with E-state index in [1.807, 2.05) is 51.1 Å². The van der Waals surface area contributed by atoms with Crippen molar-refractivity contribution in [3.05, 3.63) is 36.2 Å². The Hall–Kier alpha value is -2.37. The van der Waals surface area contributed by atoms with E-state index >= 15 is 0 Å². The van der Waals surface area contributed by atoms with Gasteiger partial charge >= 0.3 is 6.09 Å². The number of carbonyl (C=O) groups excluding carboxylic acids is 1. The minimum Gasteiger partial charge on any atom is -0.444 e. The number of hydrogen-bond acceptors (Lipinski definition) is 5. The first-order valence-corrected chi connectivity index (χ1v) is 8.29. The predicted octanol–water partition coefficient (Wildman–Crippen LogP) is 3.90. The van der Waals surface area contributed by atoms with E-state index in [0.717, 1.165) is 24.8 Å². The summed E-state index contributed by atoms with van der Waals surface area (Å²) in [6.45, 7) is 5.56. The zero-order valence-corrected chi connectivity index (χ0v) is 14.3. The maximum Gasteiger partial charge on any atom is 0.407 e. The summed E-state index contributed by atoms with van der Waals surface area (Å²) in [5, 5.41) is 6.99. The molecule has 6 nitrogen and oxygen atoms in total. The van der Waals surface area contributed by atoms with Gasteiger partial charge in [-0.3, -0.25) is 0 Å². The van der Waals surface area contributed by atoms with Gasteiger partial charge in [0, 0.05) is 17.5 Å². The largest absolute Gasteiger partial charge is 0.444 e. The molecule has 1 aliphatic carbocycles. The van der Waals surface area contributed by atoms with Gasteiger partial charge in [0.25, 0.3) is 0 Å². The normalized spacial score (nSPS) is 20.8. The highest BCUT2D eigenvalue weighted by molar-refractivity contribution is 5.68. The SMILES string of the molecule is CC(C)(C)OC(=O)N[C@H]1CC[C@@H](c2nc(-c3ccccc3)no2)C1. The van der Waals surface area contributed by atoms with Gasteiger partial charge in [-0.15, -0.1) is 0 Å². The van der Waals surface area contributed by atoms with Gasteiger partial charge in [-0.25, -0.2) is 4.79 Å². The zero-order valence-electron chi connectivity index (χ0n) is 14.3. The molecule has 1 saturated carbocycles. The average Bonchev–Trinajstić information content (AvgIpc) is 3.15. The van der Waals surface area contributed by atoms with Crippen molar-refractivity contribution in [3.63, 3.8) is 0 Å². The zero-order chi connectivity index (χ0) is 17.2. The van der Waals surface area contributed by atoms with E-state index in [4.69, 9.17) is 9.26 Å². The Balaban J connectivity index is 1.58. The van der Waals surface area contributed by atoms with Gasteiger partial charge in [-0.1, -0.05) is 35.5 Å². The van der Waals surface area contributed by atoms with Crippen LogP contribution in [-0.2, 0) is 4.74 Å². The molecule has 1 N–H and O–H groups in total. The number of alkyl carbamates (subject to hydrolysis) is 1. The summed E-state index contributed by atoms with van der Waals surface area (Å²) >= 11 is 0. The van der Waals surface area contributed by atoms with Gasteiger partial charge < -0.3 is 14.6 Å². The predicted molar refractivity (Wildman–Crippen MR) is 89.5 cm³/mol. The minimum atomic E-state index is -0.487. The summed E-state index contributed by atoms with van der Waals surface area (Å²) in [6.07, 6.45) is 2.21. The lowest BCUT2D eigenvalue weighted by Gasteiger charge is -2.21. The Labute approximate surface area is 141 Å². The van der Waals surface area contributed by atoms with Crippen LogP contribution < -0.4 is 5.32 Å². The number of nitrogens with one attached hydrogen (secondary N) is 1. The molecule has 0 saturated heterocycles. The Morgan fingerprint density at radius 2 is 2.00 bits per heavy atom. The van der Waals surface area contributed by atoms with Gasteiger partial charge in [-0.05, 0) is 40.0 Å². The van der Waals surface area contributed by atoms with E-state index in [9.17, 15) is 4.79 Å². The van der Waals surface area contributed by atoms with Crippen molar-refractivity contribution in [1.29, 1.82) is 0 Å². The number of carbonyl (C=O) groups is 1. The number of ether oxygens (including phenoxy) is 1. The molecule has 1 aromatic carbocycles. The third-order valence-electron chi connectivity index (χ3n) is 3.98. The number of aromatic nitrogens is 2. The second kappa shape index (κ2) is 6.63. The van der Waals surface area contributed by atoms with Gasteiger partial charge in [0.1, 0.15) is 5.60 Å². The lowest BCUT2D eigenvalue weighted by atomic mass is 10.1. The van der Waals surface area contributed by atoms with Crippen LogP contribution in [0.1, 0.15) is 51.8 Å². The number of amides is 1. The number of nitrogens with zero attached hydrogens (tertiary/aromatic N) is 2. The Bertz CT molecular complexity index is 691. The second-order valence-electron chi connectivity index (χ2n) is 7.18. The van der Waals surface area contributed by atoms with Crippen LogP contribution in [0.5, 0.6) is 0 Å². The molecule has 1 amide bonds. The highest BCUT2D eigenvalue weighted by atomic mass is 16.6. The fourth-order valence-electron chi connectivity index (χ4n) is 2.92. The summed E-state index contributed by atoms with van der Waals surface area (Å²) in [6, 6.07) is 9.83. The van der Waals surface area contributed by atoms with E-state index in [1.165, 1.54) is 0 Å². The van der Waals surface area contributed by atoms with E-state index in [-0.39, 0.29) is 18.1 Å². The summed E-state index contributed by atoms with van der Waals surface area (Å²) in [4.78, 5) is 16.4. The summed E-state index contributed by atoms with van der Waals surface area (Å²) in [5.74, 6) is 1.42. The molecule has 0 unspecified atom stereocenters. The summed E-state index contributed by atoms with van der Waals surface area (Å²) in [5.41, 5.74) is 0.452. The molecule has 1 aliphatic rings. The Morgan fingerprint density at radius 1 is 1.25 bits per heavy atom. The van der Waals surface area contributed by atoms with Gasteiger partial charge in [0.15, 0.2) is 0 Å². The van der Waals surface area contributed by atoms with Crippen LogP contribution in [-0.4, -0.2) is 27.9 Å². The molecule has 6 heteroatoms. The molecule has 0 aliphatic heterocycles. The molecule has 1 heterocycles. The van der Waals surface area contributed by atoms with Crippen LogP contribution in [0.25, 0.3) is 11.4 Å². The molecule has 1 fully saturated rings. The molecule has 128 valence electrons. The highest BCUT2D eigenvalue weighted by Crippen LogP contribution is 2.34. The molecule has 0 spiro atoms. The number of rotatable bonds is 3. The Morgan fingerprint density at radius 3 is 2.71 bits per heavy atom. The van der Waals surface area contributed by atoms with Crippen molar-refractivity contribution in [3.8, 4) is 11.4 Å². The molecule has 2 aromatic rings. The number of hydrogen-bond donors (Lipinski definition) is 1. The lowest BCUT2D eigenvalue weighted by molar-refractivity contribution is 0.0505. The van der Waals surface area contributed by atoms with Gasteiger partial charge in [-0.2, -0.15) is 4.98 Å². The minimum absolute atomic E-state index is 0.0805. The van der Waals surface area contributed by atoms with Crippen LogP contribution in [0, 0.1) is 0 Å². The molecular weight excluding hydrogens is 306 g/mol. The van der Waals surface area contributed by atoms with Crippen LogP contribution in [0.3, 0.4) is 0 Å². The molecule has 3 rings (SSSR count). The maximum absolute atomic E-state index is 11.9. The number of benzene rings is 1. The van der Waals surface area contributed by atoms with Crippen molar-refractivity contribution in [2.24, 2.45) is 0 Å². The fourth-order valence-corrected chi connectivity index (χ4v) is 2.92. The van der Waals surface area contributed by atoms with Crippen LogP contribution in [0.2, 0.25) is 0 Å². The molecule has 1 aromatic heterocycles.